The molecule has 6 heteroatoms. The molecule has 0 aromatic heterocycles. The van der Waals surface area contributed by atoms with Crippen LogP contribution in [0.2, 0.25) is 0 Å². The largest absolute Gasteiger partial charge is 0.446 e. The lowest BCUT2D eigenvalue weighted by Crippen LogP contribution is -2.30. The van der Waals surface area contributed by atoms with Gasteiger partial charge in [0.15, 0.2) is 5.60 Å². The molecule has 0 bridgehead atoms. The number of ether oxygens (including phenoxy) is 1. The topological polar surface area (TPSA) is 69.4 Å². The Morgan fingerprint density at radius 3 is 2.04 bits per heavy atom. The first-order chi connectivity index (χ1) is 13.4. The SMILES string of the molecule is CSc1ccc(C(C)(OC(=O)c2ccc([N+](=O)[O-])cc2)c2ccccc2)cc1. The van der Waals surface area contributed by atoms with Crippen LogP contribution < -0.4 is 0 Å². The minimum atomic E-state index is -1.00. The number of carbonyl (C=O) groups is 1. The molecular weight excluding hydrogens is 374 g/mol. The lowest BCUT2D eigenvalue weighted by molar-refractivity contribution is -0.384. The van der Waals surface area contributed by atoms with Crippen LogP contribution >= 0.6 is 11.8 Å². The Morgan fingerprint density at radius 2 is 1.50 bits per heavy atom. The molecule has 0 radical (unpaired) electrons. The van der Waals surface area contributed by atoms with E-state index in [9.17, 15) is 14.9 Å². The van der Waals surface area contributed by atoms with Gasteiger partial charge in [-0.1, -0.05) is 42.5 Å². The van der Waals surface area contributed by atoms with Crippen molar-refractivity contribution >= 4 is 23.4 Å². The molecule has 0 spiro atoms. The number of hydrogen-bond donors (Lipinski definition) is 0. The Hall–Kier alpha value is -3.12. The first kappa shape index (κ1) is 19.6. The normalized spacial score (nSPS) is 12.8. The number of hydrogen-bond acceptors (Lipinski definition) is 5. The molecule has 0 aliphatic carbocycles. The summed E-state index contributed by atoms with van der Waals surface area (Å²) in [5.41, 5.74) is 0.856. The van der Waals surface area contributed by atoms with Gasteiger partial charge in [-0.2, -0.15) is 0 Å². The molecule has 0 fully saturated rings. The lowest BCUT2D eigenvalue weighted by Gasteiger charge is -2.31. The maximum Gasteiger partial charge on any atom is 0.339 e. The molecule has 3 rings (SSSR count). The fraction of sp³-hybridized carbons (Fsp3) is 0.136. The van der Waals surface area contributed by atoms with Crippen molar-refractivity contribution in [1.29, 1.82) is 0 Å². The summed E-state index contributed by atoms with van der Waals surface area (Å²) in [6, 6.07) is 22.8. The molecule has 1 atom stereocenters. The van der Waals surface area contributed by atoms with Crippen LogP contribution in [0.15, 0.2) is 83.8 Å². The predicted molar refractivity (Wildman–Crippen MR) is 110 cm³/mol. The number of nitro benzene ring substituents is 1. The van der Waals surface area contributed by atoms with E-state index in [2.05, 4.69) is 0 Å². The van der Waals surface area contributed by atoms with Gasteiger partial charge in [-0.15, -0.1) is 11.8 Å². The van der Waals surface area contributed by atoms with E-state index in [0.29, 0.717) is 0 Å². The summed E-state index contributed by atoms with van der Waals surface area (Å²) in [6.07, 6.45) is 2.00. The van der Waals surface area contributed by atoms with Gasteiger partial charge < -0.3 is 4.74 Å². The Balaban J connectivity index is 1.97. The maximum atomic E-state index is 12.8. The third-order valence-electron chi connectivity index (χ3n) is 4.58. The number of esters is 1. The zero-order valence-corrected chi connectivity index (χ0v) is 16.3. The highest BCUT2D eigenvalue weighted by atomic mass is 32.2. The van der Waals surface area contributed by atoms with Crippen molar-refractivity contribution < 1.29 is 14.5 Å². The number of nitro groups is 1. The second-order valence-corrected chi connectivity index (χ2v) is 7.20. The Bertz CT molecular complexity index is 972. The third kappa shape index (κ3) is 4.07. The molecule has 5 nitrogen and oxygen atoms in total. The number of nitrogens with zero attached hydrogens (tertiary/aromatic N) is 1. The molecule has 0 saturated heterocycles. The first-order valence-electron chi connectivity index (χ1n) is 8.62. The van der Waals surface area contributed by atoms with Crippen LogP contribution in [-0.4, -0.2) is 17.1 Å². The van der Waals surface area contributed by atoms with Gasteiger partial charge in [0.1, 0.15) is 0 Å². The summed E-state index contributed by atoms with van der Waals surface area (Å²) in [6.45, 7) is 1.85. The number of carbonyl (C=O) groups excluding carboxylic acids is 1. The Labute approximate surface area is 167 Å². The quantitative estimate of drug-likeness (QED) is 0.241. The van der Waals surface area contributed by atoms with Crippen LogP contribution in [0.5, 0.6) is 0 Å². The Morgan fingerprint density at radius 1 is 0.929 bits per heavy atom. The highest BCUT2D eigenvalue weighted by molar-refractivity contribution is 7.98. The van der Waals surface area contributed by atoms with Crippen LogP contribution in [0.25, 0.3) is 0 Å². The first-order valence-corrected chi connectivity index (χ1v) is 9.84. The average Bonchev–Trinajstić information content (AvgIpc) is 2.74. The molecule has 1 unspecified atom stereocenters. The van der Waals surface area contributed by atoms with Crippen LogP contribution in [-0.2, 0) is 10.3 Å². The fourth-order valence-corrected chi connectivity index (χ4v) is 3.32. The van der Waals surface area contributed by atoms with Gasteiger partial charge in [0.25, 0.3) is 5.69 Å². The van der Waals surface area contributed by atoms with Crippen LogP contribution in [0.3, 0.4) is 0 Å². The number of rotatable bonds is 6. The maximum absolute atomic E-state index is 12.8. The van der Waals surface area contributed by atoms with E-state index in [1.165, 1.54) is 24.3 Å². The van der Waals surface area contributed by atoms with Crippen molar-refractivity contribution in [3.63, 3.8) is 0 Å². The van der Waals surface area contributed by atoms with E-state index < -0.39 is 16.5 Å². The van der Waals surface area contributed by atoms with Gasteiger partial charge in [-0.05, 0) is 48.6 Å². The van der Waals surface area contributed by atoms with E-state index in [4.69, 9.17) is 4.74 Å². The van der Waals surface area contributed by atoms with Crippen molar-refractivity contribution in [2.75, 3.05) is 6.26 Å². The van der Waals surface area contributed by atoms with Crippen molar-refractivity contribution in [2.24, 2.45) is 0 Å². The van der Waals surface area contributed by atoms with E-state index in [0.717, 1.165) is 16.0 Å². The van der Waals surface area contributed by atoms with E-state index >= 15 is 0 Å². The smallest absolute Gasteiger partial charge is 0.339 e. The predicted octanol–water partition coefficient (Wildman–Crippen LogP) is 5.44. The zero-order chi connectivity index (χ0) is 20.1. The summed E-state index contributed by atoms with van der Waals surface area (Å²) < 4.78 is 5.95. The molecular formula is C22H19NO4S. The second-order valence-electron chi connectivity index (χ2n) is 6.32. The fourth-order valence-electron chi connectivity index (χ4n) is 2.91. The molecule has 0 saturated carbocycles. The van der Waals surface area contributed by atoms with E-state index in [-0.39, 0.29) is 11.3 Å². The summed E-state index contributed by atoms with van der Waals surface area (Å²) in [5, 5.41) is 10.8. The molecule has 3 aromatic rings. The van der Waals surface area contributed by atoms with Gasteiger partial charge in [0.05, 0.1) is 10.5 Å². The molecule has 0 N–H and O–H groups in total. The van der Waals surface area contributed by atoms with Gasteiger partial charge in [0.2, 0.25) is 0 Å². The van der Waals surface area contributed by atoms with Gasteiger partial charge >= 0.3 is 5.97 Å². The summed E-state index contributed by atoms with van der Waals surface area (Å²) in [4.78, 5) is 24.2. The van der Waals surface area contributed by atoms with Gasteiger partial charge in [-0.3, -0.25) is 10.1 Å². The molecule has 142 valence electrons. The molecule has 3 aromatic carbocycles. The number of thioether (sulfide) groups is 1. The minimum Gasteiger partial charge on any atom is -0.446 e. The van der Waals surface area contributed by atoms with Crippen molar-refractivity contribution in [3.8, 4) is 0 Å². The standard InChI is InChI=1S/C22H19NO4S/c1-22(17-6-4-3-5-7-17,18-10-14-20(28-2)15-11-18)27-21(24)16-8-12-19(13-9-16)23(25)26/h3-15H,1-2H3. The highest BCUT2D eigenvalue weighted by Gasteiger charge is 2.33. The van der Waals surface area contributed by atoms with E-state index in [1.54, 1.807) is 11.8 Å². The monoisotopic (exact) mass is 393 g/mol. The molecule has 28 heavy (non-hydrogen) atoms. The number of benzene rings is 3. The summed E-state index contributed by atoms with van der Waals surface area (Å²) in [7, 11) is 0. The van der Waals surface area contributed by atoms with Gasteiger partial charge in [0, 0.05) is 17.0 Å². The van der Waals surface area contributed by atoms with Gasteiger partial charge in [-0.25, -0.2) is 4.79 Å². The van der Waals surface area contributed by atoms with Crippen LogP contribution in [0, 0.1) is 10.1 Å². The van der Waals surface area contributed by atoms with Crippen molar-refractivity contribution in [3.05, 3.63) is 106 Å². The number of non-ortho nitro benzene ring substituents is 1. The van der Waals surface area contributed by atoms with Crippen LogP contribution in [0.1, 0.15) is 28.4 Å². The van der Waals surface area contributed by atoms with Crippen molar-refractivity contribution in [1.82, 2.24) is 0 Å². The second kappa shape index (κ2) is 8.27. The average molecular weight is 393 g/mol. The molecule has 0 amide bonds. The van der Waals surface area contributed by atoms with Crippen LogP contribution in [0.4, 0.5) is 5.69 Å². The Kier molecular flexibility index (Phi) is 5.80. The zero-order valence-electron chi connectivity index (χ0n) is 15.5. The summed E-state index contributed by atoms with van der Waals surface area (Å²) >= 11 is 1.64. The minimum absolute atomic E-state index is 0.0741. The molecule has 0 aliphatic rings. The highest BCUT2D eigenvalue weighted by Crippen LogP contribution is 2.35. The summed E-state index contributed by atoms with van der Waals surface area (Å²) in [5.74, 6) is -0.546. The lowest BCUT2D eigenvalue weighted by atomic mass is 9.88. The van der Waals surface area contributed by atoms with Crippen molar-refractivity contribution in [2.45, 2.75) is 17.4 Å². The molecule has 0 aliphatic heterocycles. The molecule has 0 heterocycles. The van der Waals surface area contributed by atoms with E-state index in [1.807, 2.05) is 67.8 Å². The third-order valence-corrected chi connectivity index (χ3v) is 5.32.